The maximum atomic E-state index is 13.7. The van der Waals surface area contributed by atoms with Crippen LogP contribution in [0, 0.1) is 0 Å². The molecule has 0 aromatic heterocycles. The Morgan fingerprint density at radius 1 is 0.698 bits per heavy atom. The van der Waals surface area contributed by atoms with Gasteiger partial charge in [0.05, 0.1) is 18.8 Å². The van der Waals surface area contributed by atoms with Crippen molar-refractivity contribution in [1.29, 1.82) is 0 Å². The number of hydrogen-bond acceptors (Lipinski definition) is 17. The number of hydrogen-bond donors (Lipinski definition) is 9. The zero-order chi connectivity index (χ0) is 39.3. The van der Waals surface area contributed by atoms with Crippen LogP contribution in [0.4, 0.5) is 0 Å². The highest BCUT2D eigenvalue weighted by atomic mass is 16.7. The van der Waals surface area contributed by atoms with Gasteiger partial charge < -0.3 is 79.1 Å². The average Bonchev–Trinajstić information content (AvgIpc) is 3.11. The van der Waals surface area contributed by atoms with Crippen LogP contribution in [-0.2, 0) is 41.3 Å². The van der Waals surface area contributed by atoms with E-state index < -0.39 is 105 Å². The zero-order valence-electron chi connectivity index (χ0n) is 30.6. The lowest BCUT2D eigenvalue weighted by Gasteiger charge is -2.43. The fourth-order valence-corrected chi connectivity index (χ4v) is 6.39. The van der Waals surface area contributed by atoms with Crippen molar-refractivity contribution in [3.63, 3.8) is 0 Å². The van der Waals surface area contributed by atoms with E-state index in [4.69, 9.17) is 33.2 Å². The van der Waals surface area contributed by atoms with E-state index in [1.807, 2.05) is 39.8 Å². The maximum absolute atomic E-state index is 13.7. The molecule has 4 rings (SSSR count). The summed E-state index contributed by atoms with van der Waals surface area (Å²) in [6, 6.07) is 2.95. The van der Waals surface area contributed by atoms with Crippen LogP contribution in [-0.4, -0.2) is 171 Å². The summed E-state index contributed by atoms with van der Waals surface area (Å²) in [4.78, 5) is 13.7. The molecule has 3 aliphatic rings. The molecule has 15 atom stereocenters. The first-order valence-corrected chi connectivity index (χ1v) is 17.4. The highest BCUT2D eigenvalue weighted by molar-refractivity contribution is 5.90. The second-order valence-corrected chi connectivity index (χ2v) is 14.1. The molecule has 1 aromatic carbocycles. The van der Waals surface area contributed by atoms with E-state index in [2.05, 4.69) is 0 Å². The van der Waals surface area contributed by atoms with Crippen molar-refractivity contribution in [2.75, 3.05) is 27.4 Å². The van der Waals surface area contributed by atoms with Crippen molar-refractivity contribution in [2.45, 2.75) is 132 Å². The Morgan fingerprint density at radius 2 is 1.21 bits per heavy atom. The predicted octanol–water partition coefficient (Wildman–Crippen LogP) is -2.00. The number of carbonyl (C=O) groups excluding carboxylic acids is 1. The van der Waals surface area contributed by atoms with Crippen LogP contribution >= 0.6 is 0 Å². The minimum Gasteiger partial charge on any atom is -0.461 e. The van der Waals surface area contributed by atoms with Crippen LogP contribution in [0.25, 0.3) is 0 Å². The SMILES string of the molecule is CO[C@@H]1C(O)[C@H](OC)[C@@H](O)C(OC(=O)c2cc(CC=C(C)C)c(O[C@H]3O[C@@H](CO[C@@H]4OC[C@H](O)[C@H](O)[C@H]4O)[C@H](O)[C@H](O)[C@@H]3O)c(CC=C(C)C)c2)[C@H]1O. The zero-order valence-corrected chi connectivity index (χ0v) is 30.6. The molecule has 2 heterocycles. The van der Waals surface area contributed by atoms with Crippen LogP contribution in [0.15, 0.2) is 35.4 Å². The first-order valence-electron chi connectivity index (χ1n) is 17.4. The summed E-state index contributed by atoms with van der Waals surface area (Å²) in [6.07, 6.45) is -18.5. The van der Waals surface area contributed by atoms with Gasteiger partial charge in [-0.05, 0) is 63.8 Å². The van der Waals surface area contributed by atoms with Crippen LogP contribution in [0.5, 0.6) is 5.75 Å². The Labute approximate surface area is 307 Å². The molecule has 1 aliphatic carbocycles. The Hall–Kier alpha value is -2.59. The molecule has 17 nitrogen and oxygen atoms in total. The molecule has 17 heteroatoms. The normalized spacial score (nSPS) is 37.5. The van der Waals surface area contributed by atoms with Crippen molar-refractivity contribution in [3.05, 3.63) is 52.1 Å². The highest BCUT2D eigenvalue weighted by Gasteiger charge is 2.52. The predicted molar refractivity (Wildman–Crippen MR) is 183 cm³/mol. The maximum Gasteiger partial charge on any atom is 0.338 e. The lowest BCUT2D eigenvalue weighted by molar-refractivity contribution is -0.307. The van der Waals surface area contributed by atoms with Crippen molar-refractivity contribution in [2.24, 2.45) is 0 Å². The molecule has 53 heavy (non-hydrogen) atoms. The number of esters is 1. The third-order valence-electron chi connectivity index (χ3n) is 9.53. The summed E-state index contributed by atoms with van der Waals surface area (Å²) in [5.41, 5.74) is 2.72. The van der Waals surface area contributed by atoms with E-state index in [0.29, 0.717) is 11.1 Å². The van der Waals surface area contributed by atoms with E-state index >= 15 is 0 Å². The first kappa shape index (κ1) is 43.1. The summed E-state index contributed by atoms with van der Waals surface area (Å²) in [7, 11) is 2.50. The van der Waals surface area contributed by atoms with Gasteiger partial charge in [-0.2, -0.15) is 0 Å². The quantitative estimate of drug-likeness (QED) is 0.0778. The summed E-state index contributed by atoms with van der Waals surface area (Å²) in [6.45, 7) is 6.64. The summed E-state index contributed by atoms with van der Waals surface area (Å²) in [5.74, 6) is -0.737. The van der Waals surface area contributed by atoms with E-state index in [1.54, 1.807) is 0 Å². The van der Waals surface area contributed by atoms with Gasteiger partial charge in [-0.15, -0.1) is 0 Å². The van der Waals surface area contributed by atoms with E-state index in [-0.39, 0.29) is 30.8 Å². The Kier molecular flexibility index (Phi) is 15.3. The van der Waals surface area contributed by atoms with Crippen LogP contribution in [0.3, 0.4) is 0 Å². The molecule has 2 unspecified atom stereocenters. The molecular formula is C36H54O17. The lowest BCUT2D eigenvalue weighted by Crippen LogP contribution is -2.65. The van der Waals surface area contributed by atoms with Gasteiger partial charge in [0.2, 0.25) is 6.29 Å². The van der Waals surface area contributed by atoms with E-state index in [1.165, 1.54) is 26.4 Å². The molecule has 9 N–H and O–H groups in total. The van der Waals surface area contributed by atoms with Crippen LogP contribution < -0.4 is 4.74 Å². The van der Waals surface area contributed by atoms with Gasteiger partial charge in [0.1, 0.15) is 79.0 Å². The Bertz CT molecular complexity index is 1370. The van der Waals surface area contributed by atoms with Crippen molar-refractivity contribution >= 4 is 5.97 Å². The van der Waals surface area contributed by atoms with Crippen molar-refractivity contribution in [1.82, 2.24) is 0 Å². The molecule has 300 valence electrons. The third kappa shape index (κ3) is 10.00. The molecule has 1 aromatic rings. The highest BCUT2D eigenvalue weighted by Crippen LogP contribution is 2.34. The molecule has 3 fully saturated rings. The number of ether oxygens (including phenoxy) is 7. The molecule has 2 aliphatic heterocycles. The minimum atomic E-state index is -1.78. The monoisotopic (exact) mass is 758 g/mol. The molecule has 0 bridgehead atoms. The molecule has 0 radical (unpaired) electrons. The first-order chi connectivity index (χ1) is 25.0. The lowest BCUT2D eigenvalue weighted by atomic mass is 9.84. The van der Waals surface area contributed by atoms with Gasteiger partial charge in [-0.25, -0.2) is 4.79 Å². The Morgan fingerprint density at radius 3 is 1.72 bits per heavy atom. The van der Waals surface area contributed by atoms with Gasteiger partial charge in [0.15, 0.2) is 12.4 Å². The second-order valence-electron chi connectivity index (χ2n) is 14.1. The largest absolute Gasteiger partial charge is 0.461 e. The van der Waals surface area contributed by atoms with Gasteiger partial charge in [0.25, 0.3) is 0 Å². The smallest absolute Gasteiger partial charge is 0.338 e. The van der Waals surface area contributed by atoms with Gasteiger partial charge in [-0.3, -0.25) is 0 Å². The average molecular weight is 759 g/mol. The van der Waals surface area contributed by atoms with E-state index in [0.717, 1.165) is 11.1 Å². The number of methoxy groups -OCH3 is 2. The van der Waals surface area contributed by atoms with Crippen molar-refractivity contribution in [3.8, 4) is 5.75 Å². The Balaban J connectivity index is 1.66. The number of allylic oxidation sites excluding steroid dienone is 4. The standard InChI is InChI=1S/C36H54O17/c1-15(2)7-9-17-11-19(34(46)52-33-28(44)31(47-5)27(43)32(48-6)29(33)45)12-18(10-8-16(3)4)30(17)53-36-26(42)24(40)23(39)21(51-36)14-50-35-25(41)22(38)20(37)13-49-35/h7-8,11-12,20-29,31-33,35-45H,9-10,13-14H2,1-6H3/t20-,21-,22-,23-,24-,25+,26-,27?,28-,29+,31+,32-,33?,35-,36+/m0/s1. The van der Waals surface area contributed by atoms with Crippen LogP contribution in [0.2, 0.25) is 0 Å². The molecule has 2 saturated heterocycles. The molecule has 0 spiro atoms. The van der Waals surface area contributed by atoms with E-state index in [9.17, 15) is 50.8 Å². The fourth-order valence-electron chi connectivity index (χ4n) is 6.39. The fraction of sp³-hybridized carbons (Fsp3) is 0.694. The topological polar surface area (TPSA) is 264 Å². The van der Waals surface area contributed by atoms with Gasteiger partial charge in [-0.1, -0.05) is 23.3 Å². The molecular weight excluding hydrogens is 704 g/mol. The number of aliphatic hydroxyl groups excluding tert-OH is 9. The van der Waals surface area contributed by atoms with Crippen molar-refractivity contribution < 1.29 is 83.9 Å². The summed E-state index contributed by atoms with van der Waals surface area (Å²) >= 11 is 0. The van der Waals surface area contributed by atoms with Gasteiger partial charge >= 0.3 is 5.97 Å². The van der Waals surface area contributed by atoms with Crippen LogP contribution in [0.1, 0.15) is 49.2 Å². The minimum absolute atomic E-state index is 0.0188. The third-order valence-corrected chi connectivity index (χ3v) is 9.53. The molecule has 1 saturated carbocycles. The van der Waals surface area contributed by atoms with Gasteiger partial charge in [0, 0.05) is 14.2 Å². The summed E-state index contributed by atoms with van der Waals surface area (Å²) < 4.78 is 39.0. The number of carbonyl (C=O) groups is 1. The number of benzene rings is 1. The number of aliphatic hydroxyl groups is 9. The number of rotatable bonds is 13. The second kappa shape index (κ2) is 18.8. The summed E-state index contributed by atoms with van der Waals surface area (Å²) in [5, 5.41) is 94.8. The molecule has 0 amide bonds.